The minimum absolute atomic E-state index is 0.0346. The van der Waals surface area contributed by atoms with Crippen LogP contribution in [0.5, 0.6) is 0 Å². The highest BCUT2D eigenvalue weighted by atomic mass is 16.6. The van der Waals surface area contributed by atoms with Crippen molar-refractivity contribution in [3.05, 3.63) is 59.7 Å². The van der Waals surface area contributed by atoms with Gasteiger partial charge in [-0.2, -0.15) is 0 Å². The van der Waals surface area contributed by atoms with Gasteiger partial charge in [0.25, 0.3) is 0 Å². The van der Waals surface area contributed by atoms with Crippen LogP contribution in [0.15, 0.2) is 48.5 Å². The lowest BCUT2D eigenvalue weighted by Crippen LogP contribution is -2.71. The molecule has 1 saturated heterocycles. The third kappa shape index (κ3) is 4.12. The summed E-state index contributed by atoms with van der Waals surface area (Å²) in [6, 6.07) is 14.0. The fraction of sp³-hybridized carbons (Fsp3) is 0.375. The van der Waals surface area contributed by atoms with Gasteiger partial charge in [0.15, 0.2) is 6.04 Å². The van der Waals surface area contributed by atoms with Gasteiger partial charge < -0.3 is 19.9 Å². The number of carbonyl (C=O) groups excluding carboxylic acids is 2. The second-order valence-corrected chi connectivity index (χ2v) is 8.99. The van der Waals surface area contributed by atoms with Gasteiger partial charge in [-0.05, 0) is 43.0 Å². The number of aliphatic carboxylic acids is 1. The average Bonchev–Trinajstić information content (AvgIpc) is 3.01. The van der Waals surface area contributed by atoms with E-state index in [-0.39, 0.29) is 19.1 Å². The van der Waals surface area contributed by atoms with Crippen LogP contribution < -0.4 is 5.32 Å². The largest absolute Gasteiger partial charge is 0.480 e. The maximum absolute atomic E-state index is 12.7. The van der Waals surface area contributed by atoms with Gasteiger partial charge in [0.2, 0.25) is 0 Å². The lowest BCUT2D eigenvalue weighted by atomic mass is 9.97. The van der Waals surface area contributed by atoms with Gasteiger partial charge in [-0.25, -0.2) is 14.4 Å². The Bertz CT molecular complexity index is 1010. The van der Waals surface area contributed by atoms with E-state index in [0.29, 0.717) is 0 Å². The van der Waals surface area contributed by atoms with Gasteiger partial charge in [0.05, 0.1) is 6.04 Å². The zero-order valence-electron chi connectivity index (χ0n) is 18.2. The maximum atomic E-state index is 12.7. The van der Waals surface area contributed by atoms with Crippen LogP contribution in [-0.2, 0) is 14.3 Å². The van der Waals surface area contributed by atoms with Crippen LogP contribution >= 0.6 is 0 Å². The first kappa shape index (κ1) is 21.7. The molecule has 8 heteroatoms. The van der Waals surface area contributed by atoms with Crippen molar-refractivity contribution in [1.82, 2.24) is 10.2 Å². The minimum Gasteiger partial charge on any atom is -0.480 e. The summed E-state index contributed by atoms with van der Waals surface area (Å²) in [5.74, 6) is -1.34. The molecule has 0 bridgehead atoms. The van der Waals surface area contributed by atoms with Crippen molar-refractivity contribution in [2.45, 2.75) is 44.4 Å². The Balaban J connectivity index is 1.41. The Kier molecular flexibility index (Phi) is 5.54. The van der Waals surface area contributed by atoms with Crippen molar-refractivity contribution in [3.8, 4) is 11.1 Å². The number of nitrogens with one attached hydrogen (secondary N) is 1. The van der Waals surface area contributed by atoms with E-state index in [9.17, 15) is 19.5 Å². The quantitative estimate of drug-likeness (QED) is 0.756. The summed E-state index contributed by atoms with van der Waals surface area (Å²) < 4.78 is 10.7. The second-order valence-electron chi connectivity index (χ2n) is 8.99. The standard InChI is InChI=1S/C24H26N2O6/c1-24(2,3)32-22(29)25-19-12-26(20(19)21(27)28)23(30)31-13-18-16-10-6-4-8-14(16)15-9-5-7-11-17(15)18/h4-11,18-20H,12-13H2,1-3H3,(H,25,29)(H,27,28). The molecule has 0 aromatic heterocycles. The van der Waals surface area contributed by atoms with Crippen LogP contribution in [-0.4, -0.2) is 59.0 Å². The summed E-state index contributed by atoms with van der Waals surface area (Å²) in [5.41, 5.74) is 3.66. The Labute approximate surface area is 186 Å². The highest BCUT2D eigenvalue weighted by Gasteiger charge is 2.49. The molecule has 168 valence electrons. The Morgan fingerprint density at radius 3 is 2.12 bits per heavy atom. The van der Waals surface area contributed by atoms with Gasteiger partial charge in [0, 0.05) is 12.5 Å². The lowest BCUT2D eigenvalue weighted by Gasteiger charge is -2.44. The number of likely N-dealkylation sites (tertiary alicyclic amines) is 1. The number of carboxylic acids is 1. The van der Waals surface area contributed by atoms with Gasteiger partial charge >= 0.3 is 18.2 Å². The number of benzene rings is 2. The van der Waals surface area contributed by atoms with Crippen molar-refractivity contribution in [2.75, 3.05) is 13.2 Å². The van der Waals surface area contributed by atoms with E-state index >= 15 is 0 Å². The predicted octanol–water partition coefficient (Wildman–Crippen LogP) is 3.60. The summed E-state index contributed by atoms with van der Waals surface area (Å²) >= 11 is 0. The highest BCUT2D eigenvalue weighted by molar-refractivity contribution is 5.85. The second kappa shape index (κ2) is 8.18. The first-order valence-electron chi connectivity index (χ1n) is 10.5. The molecule has 2 aliphatic rings. The molecule has 1 heterocycles. The summed E-state index contributed by atoms with van der Waals surface area (Å²) in [6.45, 7) is 5.27. The van der Waals surface area contributed by atoms with E-state index < -0.39 is 35.8 Å². The molecule has 1 aliphatic heterocycles. The number of carbonyl (C=O) groups is 3. The minimum atomic E-state index is -1.22. The topological polar surface area (TPSA) is 105 Å². The summed E-state index contributed by atoms with van der Waals surface area (Å²) in [7, 11) is 0. The number of ether oxygens (including phenoxy) is 2. The fourth-order valence-electron chi connectivity index (χ4n) is 4.26. The number of alkyl carbamates (subject to hydrolysis) is 1. The van der Waals surface area contributed by atoms with E-state index in [2.05, 4.69) is 5.32 Å². The third-order valence-electron chi connectivity index (χ3n) is 5.64. The molecule has 0 radical (unpaired) electrons. The van der Waals surface area contributed by atoms with E-state index in [4.69, 9.17) is 9.47 Å². The molecular formula is C24H26N2O6. The van der Waals surface area contributed by atoms with Crippen molar-refractivity contribution in [1.29, 1.82) is 0 Å². The maximum Gasteiger partial charge on any atom is 0.410 e. The smallest absolute Gasteiger partial charge is 0.410 e. The summed E-state index contributed by atoms with van der Waals surface area (Å²) in [6.07, 6.45) is -1.44. The molecule has 2 atom stereocenters. The molecule has 0 spiro atoms. The zero-order chi connectivity index (χ0) is 23.0. The number of rotatable bonds is 4. The number of nitrogens with zero attached hydrogens (tertiary/aromatic N) is 1. The molecule has 32 heavy (non-hydrogen) atoms. The number of carboxylic acid groups (broad SMARTS) is 1. The molecule has 8 nitrogen and oxygen atoms in total. The highest BCUT2D eigenvalue weighted by Crippen LogP contribution is 2.44. The number of amides is 2. The monoisotopic (exact) mass is 438 g/mol. The average molecular weight is 438 g/mol. The van der Waals surface area contributed by atoms with E-state index in [1.165, 1.54) is 0 Å². The first-order valence-corrected chi connectivity index (χ1v) is 10.5. The Hall–Kier alpha value is -3.55. The van der Waals surface area contributed by atoms with Gasteiger partial charge in [0.1, 0.15) is 12.2 Å². The fourth-order valence-corrected chi connectivity index (χ4v) is 4.26. The number of hydrogen-bond acceptors (Lipinski definition) is 5. The molecule has 0 saturated carbocycles. The zero-order valence-corrected chi connectivity index (χ0v) is 18.2. The first-order chi connectivity index (χ1) is 15.2. The van der Waals surface area contributed by atoms with Crippen LogP contribution in [0.25, 0.3) is 11.1 Å². The Morgan fingerprint density at radius 2 is 1.59 bits per heavy atom. The predicted molar refractivity (Wildman–Crippen MR) is 116 cm³/mol. The van der Waals surface area contributed by atoms with Crippen LogP contribution in [0.1, 0.15) is 37.8 Å². The van der Waals surface area contributed by atoms with Crippen LogP contribution in [0.4, 0.5) is 9.59 Å². The van der Waals surface area contributed by atoms with Gasteiger partial charge in [-0.15, -0.1) is 0 Å². The van der Waals surface area contributed by atoms with E-state index in [1.807, 2.05) is 48.5 Å². The summed E-state index contributed by atoms with van der Waals surface area (Å²) in [5, 5.41) is 12.1. The van der Waals surface area contributed by atoms with Crippen LogP contribution in [0.3, 0.4) is 0 Å². The van der Waals surface area contributed by atoms with E-state index in [1.54, 1.807) is 20.8 Å². The number of hydrogen-bond donors (Lipinski definition) is 2. The van der Waals surface area contributed by atoms with Crippen molar-refractivity contribution >= 4 is 18.2 Å². The van der Waals surface area contributed by atoms with Crippen LogP contribution in [0.2, 0.25) is 0 Å². The molecule has 2 amide bonds. The van der Waals surface area contributed by atoms with Gasteiger partial charge in [-0.1, -0.05) is 48.5 Å². The third-order valence-corrected chi connectivity index (χ3v) is 5.64. The molecule has 2 aromatic carbocycles. The van der Waals surface area contributed by atoms with Crippen LogP contribution in [0, 0.1) is 0 Å². The molecule has 2 N–H and O–H groups in total. The van der Waals surface area contributed by atoms with E-state index in [0.717, 1.165) is 27.2 Å². The lowest BCUT2D eigenvalue weighted by molar-refractivity contribution is -0.149. The molecular weight excluding hydrogens is 412 g/mol. The van der Waals surface area contributed by atoms with Gasteiger partial charge in [-0.3, -0.25) is 4.90 Å². The molecule has 4 rings (SSSR count). The Morgan fingerprint density at radius 1 is 1.03 bits per heavy atom. The molecule has 1 fully saturated rings. The van der Waals surface area contributed by atoms with Crippen molar-refractivity contribution in [2.24, 2.45) is 0 Å². The number of fused-ring (bicyclic) bond motifs is 3. The molecule has 1 aliphatic carbocycles. The molecule has 2 aromatic rings. The molecule has 2 unspecified atom stereocenters. The SMILES string of the molecule is CC(C)(C)OC(=O)NC1CN(C(=O)OCC2c3ccccc3-c3ccccc32)C1C(=O)O. The van der Waals surface area contributed by atoms with Crippen molar-refractivity contribution < 1.29 is 29.0 Å². The van der Waals surface area contributed by atoms with Crippen molar-refractivity contribution in [3.63, 3.8) is 0 Å². The summed E-state index contributed by atoms with van der Waals surface area (Å²) in [4.78, 5) is 37.5. The normalized spacial score (nSPS) is 19.4.